The second-order valence-electron chi connectivity index (χ2n) is 8.28. The van der Waals surface area contributed by atoms with E-state index in [1.54, 1.807) is 42.8 Å². The van der Waals surface area contributed by atoms with E-state index in [0.717, 1.165) is 11.3 Å². The molecule has 1 fully saturated rings. The van der Waals surface area contributed by atoms with Crippen LogP contribution in [-0.2, 0) is 21.3 Å². The first-order chi connectivity index (χ1) is 16.8. The van der Waals surface area contributed by atoms with Crippen LogP contribution in [0.15, 0.2) is 53.4 Å². The topological polar surface area (TPSA) is 103 Å². The molecule has 2 aromatic carbocycles. The first-order valence-corrected chi connectivity index (χ1v) is 13.0. The van der Waals surface area contributed by atoms with Gasteiger partial charge in [0.05, 0.1) is 37.8 Å². The molecule has 0 spiro atoms. The molecule has 1 N–H and O–H groups in total. The van der Waals surface area contributed by atoms with Crippen molar-refractivity contribution in [3.8, 4) is 5.75 Å². The van der Waals surface area contributed by atoms with Crippen LogP contribution in [0.3, 0.4) is 0 Å². The fraction of sp³-hybridized carbons (Fsp3) is 0.360. The Kier molecular flexibility index (Phi) is 7.54. The summed E-state index contributed by atoms with van der Waals surface area (Å²) in [4.78, 5) is 12.9. The molecule has 186 valence electrons. The van der Waals surface area contributed by atoms with Gasteiger partial charge in [0.1, 0.15) is 10.6 Å². The monoisotopic (exact) mass is 498 g/mol. The predicted molar refractivity (Wildman–Crippen MR) is 132 cm³/mol. The lowest BCUT2D eigenvalue weighted by Crippen LogP contribution is -2.41. The average Bonchev–Trinajstić information content (AvgIpc) is 3.14. The van der Waals surface area contributed by atoms with E-state index < -0.39 is 10.0 Å². The third-order valence-corrected chi connectivity index (χ3v) is 8.01. The Bertz CT molecular complexity index is 1280. The summed E-state index contributed by atoms with van der Waals surface area (Å²) in [5.41, 5.74) is 3.17. The number of nitrogens with one attached hydrogen (secondary N) is 1. The Hall–Kier alpha value is -3.21. The predicted octanol–water partition coefficient (Wildman–Crippen LogP) is 3.22. The van der Waals surface area contributed by atoms with Crippen molar-refractivity contribution in [3.63, 3.8) is 0 Å². The zero-order chi connectivity index (χ0) is 25.0. The number of carbonyl (C=O) groups is 1. The minimum Gasteiger partial charge on any atom is -0.494 e. The quantitative estimate of drug-likeness (QED) is 0.512. The van der Waals surface area contributed by atoms with Gasteiger partial charge in [-0.15, -0.1) is 0 Å². The molecule has 10 heteroatoms. The third kappa shape index (κ3) is 5.55. The van der Waals surface area contributed by atoms with Crippen molar-refractivity contribution >= 4 is 21.6 Å². The molecule has 0 aliphatic carbocycles. The van der Waals surface area contributed by atoms with Crippen LogP contribution < -0.4 is 10.1 Å². The molecule has 1 aromatic heterocycles. The molecule has 0 saturated carbocycles. The lowest BCUT2D eigenvalue weighted by molar-refractivity contribution is 0.0730. The molecule has 3 aromatic rings. The van der Waals surface area contributed by atoms with Crippen LogP contribution in [0.2, 0.25) is 0 Å². The van der Waals surface area contributed by atoms with E-state index in [1.807, 2.05) is 31.2 Å². The minimum absolute atomic E-state index is 0.217. The van der Waals surface area contributed by atoms with Crippen molar-refractivity contribution in [3.05, 3.63) is 71.0 Å². The minimum atomic E-state index is -3.64. The van der Waals surface area contributed by atoms with Crippen molar-refractivity contribution in [2.45, 2.75) is 32.2 Å². The number of nitrogens with zero attached hydrogens (tertiary/aromatic N) is 3. The number of ether oxygens (including phenoxy) is 2. The number of amides is 1. The summed E-state index contributed by atoms with van der Waals surface area (Å²) >= 11 is 0. The summed E-state index contributed by atoms with van der Waals surface area (Å²) in [5.74, 6) is 0.533. The van der Waals surface area contributed by atoms with Crippen LogP contribution in [0.1, 0.15) is 34.2 Å². The molecule has 35 heavy (non-hydrogen) atoms. The van der Waals surface area contributed by atoms with Gasteiger partial charge in [-0.05, 0) is 62.7 Å². The maximum atomic E-state index is 13.2. The van der Waals surface area contributed by atoms with Gasteiger partial charge in [0, 0.05) is 24.3 Å². The van der Waals surface area contributed by atoms with Gasteiger partial charge >= 0.3 is 0 Å². The molecule has 1 aliphatic heterocycles. The number of morpholine rings is 1. The average molecular weight is 499 g/mol. The molecular formula is C25H30N4O5S. The Morgan fingerprint density at radius 2 is 1.71 bits per heavy atom. The number of benzene rings is 2. The Morgan fingerprint density at radius 1 is 1.06 bits per heavy atom. The van der Waals surface area contributed by atoms with E-state index in [2.05, 4.69) is 10.4 Å². The molecular weight excluding hydrogens is 468 g/mol. The van der Waals surface area contributed by atoms with E-state index in [1.165, 1.54) is 4.31 Å². The number of carbonyl (C=O) groups excluding carboxylic acids is 1. The number of hydrogen-bond donors (Lipinski definition) is 1. The molecule has 0 radical (unpaired) electrons. The Balaban J connectivity index is 1.45. The first kappa shape index (κ1) is 24.9. The van der Waals surface area contributed by atoms with Gasteiger partial charge in [-0.3, -0.25) is 9.48 Å². The van der Waals surface area contributed by atoms with Crippen LogP contribution in [0, 0.1) is 13.8 Å². The molecule has 2 heterocycles. The van der Waals surface area contributed by atoms with Gasteiger partial charge in [-0.1, -0.05) is 12.1 Å². The van der Waals surface area contributed by atoms with Gasteiger partial charge in [0.15, 0.2) is 0 Å². The SMILES string of the molecule is CCOc1ccc(NC(=O)c2ccc(Cn3nc(C)c(S(=O)(=O)N4CCOCC4)c3C)cc2)cc1. The fourth-order valence-corrected chi connectivity index (χ4v) is 5.84. The summed E-state index contributed by atoms with van der Waals surface area (Å²) in [6.45, 7) is 7.84. The largest absolute Gasteiger partial charge is 0.494 e. The van der Waals surface area contributed by atoms with Crippen LogP contribution in [-0.4, -0.2) is 61.3 Å². The van der Waals surface area contributed by atoms with Crippen molar-refractivity contribution in [1.82, 2.24) is 14.1 Å². The van der Waals surface area contributed by atoms with E-state index >= 15 is 0 Å². The molecule has 9 nitrogen and oxygen atoms in total. The zero-order valence-corrected chi connectivity index (χ0v) is 21.0. The van der Waals surface area contributed by atoms with Gasteiger partial charge in [-0.2, -0.15) is 9.40 Å². The number of hydrogen-bond acceptors (Lipinski definition) is 6. The maximum Gasteiger partial charge on any atom is 0.255 e. The molecule has 0 bridgehead atoms. The highest BCUT2D eigenvalue weighted by Gasteiger charge is 2.32. The second kappa shape index (κ2) is 10.6. The highest BCUT2D eigenvalue weighted by atomic mass is 32.2. The standard InChI is InChI=1S/C25H30N4O5S/c1-4-34-23-11-9-22(10-12-23)26-25(30)21-7-5-20(6-8-21)17-29-19(3)24(18(2)27-29)35(31,32)28-13-15-33-16-14-28/h5-12H,4,13-17H2,1-3H3,(H,26,30). The highest BCUT2D eigenvalue weighted by molar-refractivity contribution is 7.89. The Labute approximate surface area is 205 Å². The van der Waals surface area contributed by atoms with Gasteiger partial charge < -0.3 is 14.8 Å². The smallest absolute Gasteiger partial charge is 0.255 e. The van der Waals surface area contributed by atoms with Crippen molar-refractivity contribution < 1.29 is 22.7 Å². The van der Waals surface area contributed by atoms with E-state index in [0.29, 0.717) is 62.1 Å². The molecule has 1 aliphatic rings. The summed E-state index contributed by atoms with van der Waals surface area (Å²) in [6, 6.07) is 14.4. The number of sulfonamides is 1. The Morgan fingerprint density at radius 3 is 2.34 bits per heavy atom. The number of aryl methyl sites for hydroxylation is 1. The molecule has 0 unspecified atom stereocenters. The van der Waals surface area contributed by atoms with Crippen LogP contribution in [0.5, 0.6) is 5.75 Å². The van der Waals surface area contributed by atoms with Gasteiger partial charge in [0.25, 0.3) is 5.91 Å². The third-order valence-electron chi connectivity index (χ3n) is 5.85. The van der Waals surface area contributed by atoms with Crippen LogP contribution >= 0.6 is 0 Å². The first-order valence-electron chi connectivity index (χ1n) is 11.5. The summed E-state index contributed by atoms with van der Waals surface area (Å²) < 4.78 is 40.2. The highest BCUT2D eigenvalue weighted by Crippen LogP contribution is 2.25. The summed E-state index contributed by atoms with van der Waals surface area (Å²) in [7, 11) is -3.64. The number of anilines is 1. The number of rotatable bonds is 8. The molecule has 1 amide bonds. The van der Waals surface area contributed by atoms with Crippen molar-refractivity contribution in [2.75, 3.05) is 38.2 Å². The van der Waals surface area contributed by atoms with Crippen LogP contribution in [0.4, 0.5) is 5.69 Å². The normalized spacial score (nSPS) is 14.6. The summed E-state index contributed by atoms with van der Waals surface area (Å²) in [5, 5.41) is 7.36. The van der Waals surface area contributed by atoms with Crippen LogP contribution in [0.25, 0.3) is 0 Å². The molecule has 4 rings (SSSR count). The van der Waals surface area contributed by atoms with E-state index in [9.17, 15) is 13.2 Å². The number of aromatic nitrogens is 2. The van der Waals surface area contributed by atoms with Gasteiger partial charge in [0.2, 0.25) is 10.0 Å². The van der Waals surface area contributed by atoms with Crippen molar-refractivity contribution in [2.24, 2.45) is 0 Å². The van der Waals surface area contributed by atoms with E-state index in [-0.39, 0.29) is 10.8 Å². The maximum absolute atomic E-state index is 13.2. The second-order valence-corrected chi connectivity index (χ2v) is 10.2. The lowest BCUT2D eigenvalue weighted by atomic mass is 10.1. The molecule has 0 atom stereocenters. The van der Waals surface area contributed by atoms with Crippen molar-refractivity contribution in [1.29, 1.82) is 0 Å². The summed E-state index contributed by atoms with van der Waals surface area (Å²) in [6.07, 6.45) is 0. The fourth-order valence-electron chi connectivity index (χ4n) is 4.06. The van der Waals surface area contributed by atoms with Gasteiger partial charge in [-0.25, -0.2) is 8.42 Å². The zero-order valence-electron chi connectivity index (χ0n) is 20.2. The lowest BCUT2D eigenvalue weighted by Gasteiger charge is -2.26. The van der Waals surface area contributed by atoms with E-state index in [4.69, 9.17) is 9.47 Å². The molecule has 1 saturated heterocycles.